The first kappa shape index (κ1) is 20.3. The van der Waals surface area contributed by atoms with Gasteiger partial charge in [-0.15, -0.1) is 0 Å². The molecule has 0 fully saturated rings. The number of carboxylic acid groups (broad SMARTS) is 1. The monoisotopic (exact) mass is 399 g/mol. The minimum absolute atomic E-state index is 0.108. The number of carbonyl (C=O) groups is 2. The molecule has 3 aromatic rings. The van der Waals surface area contributed by atoms with E-state index in [4.69, 9.17) is 5.11 Å². The van der Waals surface area contributed by atoms with Crippen LogP contribution < -0.4 is 5.32 Å². The third-order valence-corrected chi connectivity index (χ3v) is 4.93. The Bertz CT molecular complexity index is 1040. The maximum atomic E-state index is 12.7. The first-order chi connectivity index (χ1) is 13.8. The number of rotatable bonds is 8. The molecule has 3 rings (SSSR count). The van der Waals surface area contributed by atoms with E-state index in [1.165, 1.54) is 10.9 Å². The second kappa shape index (κ2) is 8.29. The Balaban J connectivity index is 1.78. The largest absolute Gasteiger partial charge is 0.481 e. The van der Waals surface area contributed by atoms with Gasteiger partial charge in [-0.25, -0.2) is 0 Å². The number of amides is 1. The highest BCUT2D eigenvalue weighted by Gasteiger charge is 2.19. The Hall–Kier alpha value is -3.43. The number of anilines is 1. The Kier molecular flexibility index (Phi) is 5.81. The number of hydrogen-bond donors (Lipinski definition) is 2. The van der Waals surface area contributed by atoms with Gasteiger partial charge in [-0.3, -0.25) is 23.6 Å². The maximum absolute atomic E-state index is 12.7. The van der Waals surface area contributed by atoms with Gasteiger partial charge in [0.05, 0.1) is 42.8 Å². The minimum atomic E-state index is -0.943. The lowest BCUT2D eigenvalue weighted by atomic mass is 10.2. The second-order valence-corrected chi connectivity index (χ2v) is 6.81. The number of aliphatic carboxylic acids is 1. The van der Waals surface area contributed by atoms with Crippen LogP contribution in [-0.4, -0.2) is 46.3 Å². The van der Waals surface area contributed by atoms with Crippen LogP contribution in [0.3, 0.4) is 0 Å². The molecule has 10 heteroatoms. The van der Waals surface area contributed by atoms with E-state index in [0.717, 1.165) is 23.5 Å². The summed E-state index contributed by atoms with van der Waals surface area (Å²) < 4.78 is 5.17. The molecule has 1 amide bonds. The fourth-order valence-corrected chi connectivity index (χ4v) is 3.24. The van der Waals surface area contributed by atoms with Crippen LogP contribution in [0.1, 0.15) is 46.5 Å². The van der Waals surface area contributed by atoms with Crippen molar-refractivity contribution in [3.63, 3.8) is 0 Å². The third-order valence-electron chi connectivity index (χ3n) is 4.93. The number of aryl methyl sites for hydroxylation is 3. The topological polar surface area (TPSA) is 120 Å². The number of nitrogens with one attached hydrogen (secondary N) is 1. The summed E-state index contributed by atoms with van der Waals surface area (Å²) >= 11 is 0. The summed E-state index contributed by atoms with van der Waals surface area (Å²) in [4.78, 5) is 23.5. The Morgan fingerprint density at radius 2 is 1.86 bits per heavy atom. The molecule has 0 unspecified atom stereocenters. The Labute approximate surface area is 168 Å². The molecule has 0 aromatic carbocycles. The van der Waals surface area contributed by atoms with Gasteiger partial charge < -0.3 is 10.4 Å². The number of hydrogen-bond acceptors (Lipinski definition) is 5. The average molecular weight is 399 g/mol. The molecule has 0 radical (unpaired) electrons. The van der Waals surface area contributed by atoms with Gasteiger partial charge in [0.25, 0.3) is 5.91 Å². The summed E-state index contributed by atoms with van der Waals surface area (Å²) in [5.41, 5.74) is 4.64. The van der Waals surface area contributed by atoms with Crippen LogP contribution in [0.15, 0.2) is 18.5 Å². The van der Waals surface area contributed by atoms with Crippen molar-refractivity contribution in [1.82, 2.24) is 29.3 Å². The lowest BCUT2D eigenvalue weighted by Crippen LogP contribution is -2.19. The number of nitrogens with zero attached hydrogens (tertiary/aromatic N) is 6. The quantitative estimate of drug-likeness (QED) is 0.598. The van der Waals surface area contributed by atoms with E-state index in [9.17, 15) is 9.59 Å². The summed E-state index contributed by atoms with van der Waals surface area (Å²) in [6.07, 6.45) is 3.21. The predicted molar refractivity (Wildman–Crippen MR) is 106 cm³/mol. The molecule has 10 nitrogen and oxygen atoms in total. The van der Waals surface area contributed by atoms with Crippen LogP contribution in [0.2, 0.25) is 0 Å². The zero-order chi connectivity index (χ0) is 21.1. The first-order valence-electron chi connectivity index (χ1n) is 9.42. The van der Waals surface area contributed by atoms with Crippen LogP contribution in [0.4, 0.5) is 5.69 Å². The van der Waals surface area contributed by atoms with Crippen molar-refractivity contribution < 1.29 is 14.7 Å². The standard InChI is InChI=1S/C19H25N7O3/c1-5-24-13(3)15(10-21-24)11-26-14(4)18(12(2)23-26)22-19(29)16-6-8-20-25(16)9-7-17(27)28/h6,8,10H,5,7,9,11H2,1-4H3,(H,22,29)(H,27,28). The number of carbonyl (C=O) groups excluding carboxylic acids is 1. The summed E-state index contributed by atoms with van der Waals surface area (Å²) in [6, 6.07) is 1.56. The zero-order valence-electron chi connectivity index (χ0n) is 17.0. The van der Waals surface area contributed by atoms with Crippen LogP contribution >= 0.6 is 0 Å². The normalized spacial score (nSPS) is 11.0. The van der Waals surface area contributed by atoms with E-state index in [0.29, 0.717) is 23.6 Å². The van der Waals surface area contributed by atoms with E-state index in [-0.39, 0.29) is 18.9 Å². The Morgan fingerprint density at radius 1 is 1.10 bits per heavy atom. The van der Waals surface area contributed by atoms with Gasteiger partial charge >= 0.3 is 5.97 Å². The summed E-state index contributed by atoms with van der Waals surface area (Å²) in [7, 11) is 0. The highest BCUT2D eigenvalue weighted by Crippen LogP contribution is 2.22. The average Bonchev–Trinajstić information content (AvgIpc) is 3.35. The van der Waals surface area contributed by atoms with Crippen molar-refractivity contribution in [2.24, 2.45) is 0 Å². The fraction of sp³-hybridized carbons (Fsp3) is 0.421. The molecule has 0 saturated carbocycles. The SMILES string of the molecule is CCn1ncc(Cn2nc(C)c(NC(=O)c3ccnn3CCC(=O)O)c2C)c1C. The van der Waals surface area contributed by atoms with Crippen molar-refractivity contribution >= 4 is 17.6 Å². The first-order valence-corrected chi connectivity index (χ1v) is 9.42. The van der Waals surface area contributed by atoms with Crippen LogP contribution in [-0.2, 0) is 24.4 Å². The van der Waals surface area contributed by atoms with E-state index in [2.05, 4.69) is 20.6 Å². The van der Waals surface area contributed by atoms with Crippen molar-refractivity contribution in [1.29, 1.82) is 0 Å². The van der Waals surface area contributed by atoms with Crippen molar-refractivity contribution in [3.8, 4) is 0 Å². The molecule has 0 aliphatic carbocycles. The van der Waals surface area contributed by atoms with E-state index >= 15 is 0 Å². The molecular weight excluding hydrogens is 374 g/mol. The van der Waals surface area contributed by atoms with Crippen molar-refractivity contribution in [3.05, 3.63) is 46.8 Å². The minimum Gasteiger partial charge on any atom is -0.481 e. The molecule has 3 aromatic heterocycles. The molecule has 154 valence electrons. The zero-order valence-corrected chi connectivity index (χ0v) is 17.0. The Morgan fingerprint density at radius 3 is 2.52 bits per heavy atom. The molecule has 29 heavy (non-hydrogen) atoms. The molecule has 0 saturated heterocycles. The fourth-order valence-electron chi connectivity index (χ4n) is 3.24. The smallest absolute Gasteiger partial charge is 0.305 e. The molecule has 3 heterocycles. The lowest BCUT2D eigenvalue weighted by Gasteiger charge is -2.09. The lowest BCUT2D eigenvalue weighted by molar-refractivity contribution is -0.137. The summed E-state index contributed by atoms with van der Waals surface area (Å²) in [5, 5.41) is 24.7. The van der Waals surface area contributed by atoms with Crippen LogP contribution in [0, 0.1) is 20.8 Å². The number of aromatic nitrogens is 6. The highest BCUT2D eigenvalue weighted by molar-refractivity contribution is 6.03. The maximum Gasteiger partial charge on any atom is 0.305 e. The van der Waals surface area contributed by atoms with E-state index in [1.807, 2.05) is 43.3 Å². The molecular formula is C19H25N7O3. The molecule has 0 aliphatic rings. The van der Waals surface area contributed by atoms with Gasteiger partial charge in [0.15, 0.2) is 0 Å². The highest BCUT2D eigenvalue weighted by atomic mass is 16.4. The summed E-state index contributed by atoms with van der Waals surface area (Å²) in [6.45, 7) is 9.30. The summed E-state index contributed by atoms with van der Waals surface area (Å²) in [5.74, 6) is -1.30. The van der Waals surface area contributed by atoms with Crippen molar-refractivity contribution in [2.75, 3.05) is 5.32 Å². The van der Waals surface area contributed by atoms with Crippen LogP contribution in [0.25, 0.3) is 0 Å². The third kappa shape index (κ3) is 4.20. The molecule has 0 spiro atoms. The molecule has 2 N–H and O–H groups in total. The molecule has 0 atom stereocenters. The van der Waals surface area contributed by atoms with Crippen molar-refractivity contribution in [2.45, 2.75) is 53.8 Å². The van der Waals surface area contributed by atoms with Gasteiger partial charge in [0, 0.05) is 24.0 Å². The second-order valence-electron chi connectivity index (χ2n) is 6.81. The van der Waals surface area contributed by atoms with Gasteiger partial charge in [0.2, 0.25) is 0 Å². The van der Waals surface area contributed by atoms with Gasteiger partial charge in [0.1, 0.15) is 5.69 Å². The number of carboxylic acids is 1. The molecule has 0 aliphatic heterocycles. The van der Waals surface area contributed by atoms with Gasteiger partial charge in [-0.05, 0) is 33.8 Å². The van der Waals surface area contributed by atoms with E-state index < -0.39 is 5.97 Å². The van der Waals surface area contributed by atoms with E-state index in [1.54, 1.807) is 6.07 Å². The van der Waals surface area contributed by atoms with Gasteiger partial charge in [-0.2, -0.15) is 15.3 Å². The molecule has 0 bridgehead atoms. The van der Waals surface area contributed by atoms with Gasteiger partial charge in [-0.1, -0.05) is 0 Å². The predicted octanol–water partition coefficient (Wildman–Crippen LogP) is 2.00. The van der Waals surface area contributed by atoms with Crippen LogP contribution in [0.5, 0.6) is 0 Å².